The molecular formula is C58H39NO. The highest BCUT2D eigenvalue weighted by Crippen LogP contribution is 2.49. The molecule has 0 saturated carbocycles. The first kappa shape index (κ1) is 35.2. The van der Waals surface area contributed by atoms with E-state index in [0.717, 1.165) is 55.7 Å². The summed E-state index contributed by atoms with van der Waals surface area (Å²) in [7, 11) is 0. The number of benzene rings is 10. The molecule has 282 valence electrons. The van der Waals surface area contributed by atoms with Crippen molar-refractivity contribution in [2.45, 2.75) is 0 Å². The maximum atomic E-state index is 6.54. The van der Waals surface area contributed by atoms with Crippen LogP contribution in [0.2, 0.25) is 0 Å². The summed E-state index contributed by atoms with van der Waals surface area (Å²) in [5, 5.41) is 4.66. The third kappa shape index (κ3) is 6.23. The molecule has 0 aliphatic heterocycles. The maximum Gasteiger partial charge on any atom is 0.137 e. The smallest absolute Gasteiger partial charge is 0.137 e. The van der Waals surface area contributed by atoms with Crippen LogP contribution in [0, 0.1) is 0 Å². The van der Waals surface area contributed by atoms with Crippen LogP contribution < -0.4 is 4.90 Å². The first-order valence-electron chi connectivity index (χ1n) is 20.5. The Kier molecular flexibility index (Phi) is 8.87. The van der Waals surface area contributed by atoms with Gasteiger partial charge in [-0.2, -0.15) is 0 Å². The summed E-state index contributed by atoms with van der Waals surface area (Å²) in [5.74, 6) is 0. The molecule has 0 amide bonds. The zero-order chi connectivity index (χ0) is 39.8. The molecule has 0 fully saturated rings. The minimum atomic E-state index is 0.852. The molecule has 60 heavy (non-hydrogen) atoms. The zero-order valence-corrected chi connectivity index (χ0v) is 32.9. The molecule has 11 rings (SSSR count). The van der Waals surface area contributed by atoms with Crippen LogP contribution in [0.1, 0.15) is 0 Å². The van der Waals surface area contributed by atoms with Gasteiger partial charge in [-0.3, -0.25) is 0 Å². The lowest BCUT2D eigenvalue weighted by Crippen LogP contribution is -2.11. The molecule has 0 aliphatic carbocycles. The Morgan fingerprint density at radius 3 is 1.65 bits per heavy atom. The number of rotatable bonds is 8. The average molecular weight is 766 g/mol. The summed E-state index contributed by atoms with van der Waals surface area (Å²) in [6, 6.07) is 85.0. The van der Waals surface area contributed by atoms with Crippen LogP contribution in [0.3, 0.4) is 0 Å². The van der Waals surface area contributed by atoms with Gasteiger partial charge in [0.1, 0.15) is 11.2 Å². The molecule has 2 heteroatoms. The predicted molar refractivity (Wildman–Crippen MR) is 253 cm³/mol. The second-order valence-electron chi connectivity index (χ2n) is 15.2. The largest absolute Gasteiger partial charge is 0.456 e. The Hall–Kier alpha value is -7.94. The van der Waals surface area contributed by atoms with E-state index < -0.39 is 0 Å². The third-order valence-electron chi connectivity index (χ3n) is 11.7. The Morgan fingerprint density at radius 1 is 0.283 bits per heavy atom. The first-order valence-corrected chi connectivity index (χ1v) is 20.5. The van der Waals surface area contributed by atoms with Crippen molar-refractivity contribution in [1.29, 1.82) is 0 Å². The monoisotopic (exact) mass is 765 g/mol. The predicted octanol–water partition coefficient (Wildman–Crippen LogP) is 16.5. The summed E-state index contributed by atoms with van der Waals surface area (Å²) in [6.45, 7) is 0. The second kappa shape index (κ2) is 15.1. The standard InChI is InChI=1S/C58H39NO/c1-3-18-40(19-4-1)47-27-9-10-30-53(47)58-49(42-20-5-2-6-21-42)32-17-33-54(58)50-28-11-13-34-55(50)59(45-36-37-52-51-29-12-14-35-56(51)60-57(52)39-45)44-25-15-24-43(38-44)48-31-16-23-41-22-7-8-26-46(41)48/h1-39H. The van der Waals surface area contributed by atoms with Crippen LogP contribution >= 0.6 is 0 Å². The van der Waals surface area contributed by atoms with E-state index in [2.05, 4.69) is 229 Å². The van der Waals surface area contributed by atoms with E-state index in [1.807, 2.05) is 12.1 Å². The average Bonchev–Trinajstić information content (AvgIpc) is 3.70. The number of furan rings is 1. The van der Waals surface area contributed by atoms with E-state index in [4.69, 9.17) is 4.42 Å². The van der Waals surface area contributed by atoms with Gasteiger partial charge in [0.05, 0.1) is 5.69 Å². The van der Waals surface area contributed by atoms with Crippen molar-refractivity contribution in [3.63, 3.8) is 0 Å². The van der Waals surface area contributed by atoms with E-state index in [1.165, 1.54) is 49.7 Å². The van der Waals surface area contributed by atoms with Crippen molar-refractivity contribution in [2.24, 2.45) is 0 Å². The Bertz CT molecular complexity index is 3320. The van der Waals surface area contributed by atoms with E-state index in [1.54, 1.807) is 0 Å². The SMILES string of the molecule is c1ccc(-c2ccccc2-c2c(-c3ccccc3)cccc2-c2ccccc2N(c2cccc(-c3cccc4ccccc34)c2)c2ccc3c(c2)oc2ccccc23)cc1. The van der Waals surface area contributed by atoms with E-state index in [-0.39, 0.29) is 0 Å². The van der Waals surface area contributed by atoms with Gasteiger partial charge >= 0.3 is 0 Å². The molecule has 0 saturated heterocycles. The van der Waals surface area contributed by atoms with Crippen LogP contribution in [0.5, 0.6) is 0 Å². The molecule has 0 unspecified atom stereocenters. The fourth-order valence-corrected chi connectivity index (χ4v) is 8.96. The number of fused-ring (bicyclic) bond motifs is 4. The van der Waals surface area contributed by atoms with Gasteiger partial charge < -0.3 is 9.32 Å². The van der Waals surface area contributed by atoms with Crippen LogP contribution in [0.15, 0.2) is 241 Å². The molecule has 0 spiro atoms. The fourth-order valence-electron chi connectivity index (χ4n) is 8.96. The quantitative estimate of drug-likeness (QED) is 0.153. The summed E-state index contributed by atoms with van der Waals surface area (Å²) < 4.78 is 6.54. The van der Waals surface area contributed by atoms with Crippen molar-refractivity contribution in [3.05, 3.63) is 237 Å². The van der Waals surface area contributed by atoms with Crippen molar-refractivity contribution < 1.29 is 4.42 Å². The molecule has 0 bridgehead atoms. The van der Waals surface area contributed by atoms with Crippen LogP contribution in [-0.2, 0) is 0 Å². The highest BCUT2D eigenvalue weighted by Gasteiger charge is 2.23. The van der Waals surface area contributed by atoms with E-state index in [9.17, 15) is 0 Å². The topological polar surface area (TPSA) is 16.4 Å². The third-order valence-corrected chi connectivity index (χ3v) is 11.7. The summed E-state index contributed by atoms with van der Waals surface area (Å²) in [6.07, 6.45) is 0. The zero-order valence-electron chi connectivity index (χ0n) is 32.9. The molecule has 10 aromatic carbocycles. The van der Waals surface area contributed by atoms with Crippen molar-refractivity contribution in [3.8, 4) is 55.6 Å². The molecule has 2 nitrogen and oxygen atoms in total. The molecule has 11 aromatic rings. The Balaban J connectivity index is 1.18. The summed E-state index contributed by atoms with van der Waals surface area (Å²) >= 11 is 0. The minimum absolute atomic E-state index is 0.852. The molecule has 0 N–H and O–H groups in total. The van der Waals surface area contributed by atoms with Gasteiger partial charge in [-0.15, -0.1) is 0 Å². The number of nitrogens with zero attached hydrogens (tertiary/aromatic N) is 1. The lowest BCUT2D eigenvalue weighted by atomic mass is 9.84. The van der Waals surface area contributed by atoms with E-state index in [0.29, 0.717) is 0 Å². The number of hydrogen-bond donors (Lipinski definition) is 0. The Labute approximate surface area is 349 Å². The molecule has 1 heterocycles. The van der Waals surface area contributed by atoms with Crippen LogP contribution in [0.4, 0.5) is 17.1 Å². The van der Waals surface area contributed by atoms with Crippen LogP contribution in [0.25, 0.3) is 88.3 Å². The van der Waals surface area contributed by atoms with Crippen molar-refractivity contribution in [2.75, 3.05) is 4.90 Å². The van der Waals surface area contributed by atoms with E-state index >= 15 is 0 Å². The second-order valence-corrected chi connectivity index (χ2v) is 15.2. The number of para-hydroxylation sites is 2. The number of anilines is 3. The maximum absolute atomic E-state index is 6.54. The van der Waals surface area contributed by atoms with Gasteiger partial charge in [0.2, 0.25) is 0 Å². The molecular weight excluding hydrogens is 727 g/mol. The molecule has 1 aromatic heterocycles. The Morgan fingerprint density at radius 2 is 0.817 bits per heavy atom. The lowest BCUT2D eigenvalue weighted by molar-refractivity contribution is 0.669. The van der Waals surface area contributed by atoms with Gasteiger partial charge in [-0.1, -0.05) is 194 Å². The lowest BCUT2D eigenvalue weighted by Gasteiger charge is -2.29. The van der Waals surface area contributed by atoms with Crippen molar-refractivity contribution >= 4 is 49.8 Å². The van der Waals surface area contributed by atoms with Gasteiger partial charge in [-0.25, -0.2) is 0 Å². The van der Waals surface area contributed by atoms with Gasteiger partial charge in [0.25, 0.3) is 0 Å². The molecule has 0 aliphatic rings. The minimum Gasteiger partial charge on any atom is -0.456 e. The highest BCUT2D eigenvalue weighted by molar-refractivity contribution is 6.07. The normalized spacial score (nSPS) is 11.3. The fraction of sp³-hybridized carbons (Fsp3) is 0. The summed E-state index contributed by atoms with van der Waals surface area (Å²) in [4.78, 5) is 2.40. The van der Waals surface area contributed by atoms with Gasteiger partial charge in [0.15, 0.2) is 0 Å². The molecule has 0 radical (unpaired) electrons. The summed E-state index contributed by atoms with van der Waals surface area (Å²) in [5.41, 5.74) is 16.6. The van der Waals surface area contributed by atoms with Crippen molar-refractivity contribution in [1.82, 2.24) is 0 Å². The van der Waals surface area contributed by atoms with Gasteiger partial charge in [0, 0.05) is 33.8 Å². The number of hydrogen-bond acceptors (Lipinski definition) is 2. The highest BCUT2D eigenvalue weighted by atomic mass is 16.3. The first-order chi connectivity index (χ1) is 29.8. The van der Waals surface area contributed by atoms with Gasteiger partial charge in [-0.05, 0) is 97.2 Å². The molecule has 0 atom stereocenters. The van der Waals surface area contributed by atoms with Crippen LogP contribution in [-0.4, -0.2) is 0 Å².